The van der Waals surface area contributed by atoms with Crippen molar-refractivity contribution in [1.82, 2.24) is 14.7 Å². The highest BCUT2D eigenvalue weighted by molar-refractivity contribution is 5.79. The molecule has 4 nitrogen and oxygen atoms in total. The summed E-state index contributed by atoms with van der Waals surface area (Å²) in [5.74, 6) is 0.0560. The molecule has 0 saturated carbocycles. The molecular formula is C19H19N3O. The molecule has 1 atom stereocenters. The van der Waals surface area contributed by atoms with Gasteiger partial charge in [-0.2, -0.15) is 0 Å². The Hall–Kier alpha value is -2.62. The molecule has 0 spiro atoms. The first kappa shape index (κ1) is 14.0. The number of amides is 1. The molecular weight excluding hydrogens is 286 g/mol. The van der Waals surface area contributed by atoms with Gasteiger partial charge in [-0.25, -0.2) is 4.98 Å². The van der Waals surface area contributed by atoms with Gasteiger partial charge in [0.05, 0.1) is 23.9 Å². The third-order valence-electron chi connectivity index (χ3n) is 4.63. The van der Waals surface area contributed by atoms with Gasteiger partial charge in [-0.3, -0.25) is 4.79 Å². The third kappa shape index (κ3) is 2.50. The number of carbonyl (C=O) groups is 1. The minimum absolute atomic E-state index is 0.0560. The average Bonchev–Trinajstić information content (AvgIpc) is 3.10. The van der Waals surface area contributed by atoms with Crippen molar-refractivity contribution in [3.05, 3.63) is 71.2 Å². The van der Waals surface area contributed by atoms with E-state index >= 15 is 0 Å². The molecule has 4 heteroatoms. The summed E-state index contributed by atoms with van der Waals surface area (Å²) >= 11 is 0. The molecule has 3 aromatic rings. The van der Waals surface area contributed by atoms with Crippen LogP contribution in [-0.2, 0) is 17.6 Å². The smallest absolute Gasteiger partial charge is 0.226 e. The van der Waals surface area contributed by atoms with Crippen LogP contribution < -0.4 is 5.32 Å². The molecule has 23 heavy (non-hydrogen) atoms. The summed E-state index contributed by atoms with van der Waals surface area (Å²) in [6, 6.07) is 14.4. The predicted molar refractivity (Wildman–Crippen MR) is 89.3 cm³/mol. The Morgan fingerprint density at radius 3 is 3.00 bits per heavy atom. The van der Waals surface area contributed by atoms with Crippen LogP contribution in [-0.4, -0.2) is 15.3 Å². The van der Waals surface area contributed by atoms with E-state index in [0.717, 1.165) is 29.9 Å². The van der Waals surface area contributed by atoms with E-state index in [-0.39, 0.29) is 11.9 Å². The van der Waals surface area contributed by atoms with Gasteiger partial charge < -0.3 is 9.72 Å². The van der Waals surface area contributed by atoms with Gasteiger partial charge in [0.1, 0.15) is 5.65 Å². The number of carbonyl (C=O) groups excluding carboxylic acids is 1. The highest BCUT2D eigenvalue weighted by atomic mass is 16.1. The molecule has 2 aromatic heterocycles. The van der Waals surface area contributed by atoms with E-state index in [2.05, 4.69) is 28.5 Å². The van der Waals surface area contributed by atoms with Crippen molar-refractivity contribution >= 4 is 11.6 Å². The summed E-state index contributed by atoms with van der Waals surface area (Å²) in [4.78, 5) is 17.0. The molecule has 0 fully saturated rings. The van der Waals surface area contributed by atoms with E-state index in [4.69, 9.17) is 0 Å². The summed E-state index contributed by atoms with van der Waals surface area (Å²) in [5, 5.41) is 3.19. The first-order valence-electron chi connectivity index (χ1n) is 8.02. The van der Waals surface area contributed by atoms with Gasteiger partial charge in [-0.15, -0.1) is 0 Å². The number of hydrogen-bond donors (Lipinski definition) is 1. The van der Waals surface area contributed by atoms with Crippen molar-refractivity contribution in [2.24, 2.45) is 0 Å². The fourth-order valence-electron chi connectivity index (χ4n) is 3.48. The Morgan fingerprint density at radius 1 is 1.26 bits per heavy atom. The minimum atomic E-state index is 0.0560. The highest BCUT2D eigenvalue weighted by Gasteiger charge is 2.24. The van der Waals surface area contributed by atoms with Gasteiger partial charge >= 0.3 is 0 Å². The van der Waals surface area contributed by atoms with Crippen LogP contribution in [0.25, 0.3) is 5.65 Å². The zero-order valence-electron chi connectivity index (χ0n) is 13.1. The van der Waals surface area contributed by atoms with Crippen molar-refractivity contribution in [2.45, 2.75) is 32.2 Å². The quantitative estimate of drug-likeness (QED) is 0.808. The lowest BCUT2D eigenvalue weighted by Crippen LogP contribution is -2.29. The van der Waals surface area contributed by atoms with Crippen molar-refractivity contribution in [2.75, 3.05) is 0 Å². The summed E-state index contributed by atoms with van der Waals surface area (Å²) < 4.78 is 2.00. The van der Waals surface area contributed by atoms with Crippen LogP contribution in [0.5, 0.6) is 0 Å². The fourth-order valence-corrected chi connectivity index (χ4v) is 3.48. The van der Waals surface area contributed by atoms with E-state index in [1.54, 1.807) is 0 Å². The topological polar surface area (TPSA) is 46.4 Å². The molecule has 0 aliphatic heterocycles. The summed E-state index contributed by atoms with van der Waals surface area (Å²) in [7, 11) is 0. The second kappa shape index (κ2) is 5.54. The Bertz CT molecular complexity index is 881. The van der Waals surface area contributed by atoms with E-state index < -0.39 is 0 Å². The molecule has 1 aliphatic carbocycles. The summed E-state index contributed by atoms with van der Waals surface area (Å²) in [5.41, 5.74) is 5.38. The van der Waals surface area contributed by atoms with Crippen molar-refractivity contribution in [3.63, 3.8) is 0 Å². The molecule has 1 unspecified atom stereocenters. The van der Waals surface area contributed by atoms with Gasteiger partial charge in [-0.05, 0) is 43.0 Å². The number of nitrogens with zero attached hydrogens (tertiary/aromatic N) is 2. The van der Waals surface area contributed by atoms with Crippen molar-refractivity contribution in [3.8, 4) is 0 Å². The Balaban J connectivity index is 1.53. The molecule has 0 saturated heterocycles. The Morgan fingerprint density at radius 2 is 2.09 bits per heavy atom. The van der Waals surface area contributed by atoms with Crippen LogP contribution in [0.3, 0.4) is 0 Å². The zero-order valence-corrected chi connectivity index (χ0v) is 13.1. The molecule has 0 radical (unpaired) electrons. The first-order valence-corrected chi connectivity index (χ1v) is 8.02. The number of hydrogen-bond acceptors (Lipinski definition) is 2. The zero-order chi connectivity index (χ0) is 15.8. The van der Waals surface area contributed by atoms with Crippen LogP contribution >= 0.6 is 0 Å². The van der Waals surface area contributed by atoms with Crippen LogP contribution in [0.1, 0.15) is 35.0 Å². The van der Waals surface area contributed by atoms with Crippen LogP contribution in [0.4, 0.5) is 0 Å². The van der Waals surface area contributed by atoms with E-state index in [9.17, 15) is 4.79 Å². The third-order valence-corrected chi connectivity index (χ3v) is 4.63. The van der Waals surface area contributed by atoms with E-state index in [1.807, 2.05) is 41.8 Å². The number of aryl methyl sites for hydroxylation is 2. The maximum atomic E-state index is 12.5. The van der Waals surface area contributed by atoms with Crippen molar-refractivity contribution < 1.29 is 4.79 Å². The van der Waals surface area contributed by atoms with Gasteiger partial charge in [0.25, 0.3) is 0 Å². The monoisotopic (exact) mass is 305 g/mol. The molecule has 1 amide bonds. The lowest BCUT2D eigenvalue weighted by atomic mass is 10.1. The fraction of sp³-hybridized carbons (Fsp3) is 0.263. The molecule has 1 aromatic carbocycles. The average molecular weight is 305 g/mol. The second-order valence-electron chi connectivity index (χ2n) is 6.11. The number of nitrogens with one attached hydrogen (secondary N) is 1. The van der Waals surface area contributed by atoms with E-state index in [0.29, 0.717) is 6.42 Å². The molecule has 0 bridgehead atoms. The number of aromatic nitrogens is 2. The van der Waals surface area contributed by atoms with Gasteiger partial charge in [-0.1, -0.05) is 30.3 Å². The standard InChI is InChI=1S/C19H19N3O/c1-13-17(22-11-5-4-8-18(22)20-13)12-19(23)21-16-10-9-14-6-2-3-7-15(14)16/h2-8,11,16H,9-10,12H2,1H3,(H,21,23). The second-order valence-corrected chi connectivity index (χ2v) is 6.11. The molecule has 1 aliphatic rings. The Kier molecular flexibility index (Phi) is 3.37. The lowest BCUT2D eigenvalue weighted by Gasteiger charge is -2.14. The number of imidazole rings is 1. The Labute approximate surface area is 135 Å². The highest BCUT2D eigenvalue weighted by Crippen LogP contribution is 2.30. The normalized spacial score (nSPS) is 16.5. The molecule has 1 N–H and O–H groups in total. The maximum Gasteiger partial charge on any atom is 0.226 e. The summed E-state index contributed by atoms with van der Waals surface area (Å²) in [6.45, 7) is 1.96. The van der Waals surface area contributed by atoms with Crippen LogP contribution in [0.2, 0.25) is 0 Å². The van der Waals surface area contributed by atoms with Crippen LogP contribution in [0.15, 0.2) is 48.7 Å². The first-order chi connectivity index (χ1) is 11.2. The maximum absolute atomic E-state index is 12.5. The van der Waals surface area contributed by atoms with Crippen molar-refractivity contribution in [1.29, 1.82) is 0 Å². The predicted octanol–water partition coefficient (Wildman–Crippen LogP) is 2.99. The lowest BCUT2D eigenvalue weighted by molar-refractivity contribution is -0.121. The van der Waals surface area contributed by atoms with Gasteiger partial charge in [0.15, 0.2) is 0 Å². The van der Waals surface area contributed by atoms with Gasteiger partial charge in [0.2, 0.25) is 5.91 Å². The molecule has 2 heterocycles. The van der Waals surface area contributed by atoms with E-state index in [1.165, 1.54) is 11.1 Å². The largest absolute Gasteiger partial charge is 0.349 e. The summed E-state index contributed by atoms with van der Waals surface area (Å²) in [6.07, 6.45) is 4.34. The minimum Gasteiger partial charge on any atom is -0.349 e. The number of pyridine rings is 1. The van der Waals surface area contributed by atoms with Gasteiger partial charge in [0, 0.05) is 6.20 Å². The molecule has 4 rings (SSSR count). The molecule has 116 valence electrons. The van der Waals surface area contributed by atoms with Crippen LogP contribution in [0, 0.1) is 6.92 Å². The number of benzene rings is 1. The number of rotatable bonds is 3. The SMILES string of the molecule is Cc1nc2ccccn2c1CC(=O)NC1CCc2ccccc21. The number of fused-ring (bicyclic) bond motifs is 2.